The van der Waals surface area contributed by atoms with Gasteiger partial charge in [0.15, 0.2) is 5.11 Å². The topological polar surface area (TPSA) is 62.4 Å². The molecule has 144 valence electrons. The van der Waals surface area contributed by atoms with Gasteiger partial charge < -0.3 is 20.7 Å². The van der Waals surface area contributed by atoms with Crippen molar-refractivity contribution in [3.63, 3.8) is 0 Å². The molecule has 27 heavy (non-hydrogen) atoms. The molecule has 1 amide bonds. The van der Waals surface area contributed by atoms with E-state index in [4.69, 9.17) is 51.8 Å². The Hall–Kier alpha value is -1.25. The van der Waals surface area contributed by atoms with Crippen molar-refractivity contribution in [2.24, 2.45) is 0 Å². The van der Waals surface area contributed by atoms with E-state index in [2.05, 4.69) is 31.9 Å². The number of anilines is 1. The molecule has 2 aromatic carbocycles. The monoisotopic (exact) mass is 509 g/mol. The fourth-order valence-electron chi connectivity index (χ4n) is 1.99. The molecule has 0 aromatic heterocycles. The van der Waals surface area contributed by atoms with Gasteiger partial charge in [-0.3, -0.25) is 4.79 Å². The van der Waals surface area contributed by atoms with Crippen LogP contribution in [0.4, 0.5) is 5.69 Å². The smallest absolute Gasteiger partial charge is 0.252 e. The van der Waals surface area contributed by atoms with E-state index in [1.54, 1.807) is 24.3 Å². The van der Waals surface area contributed by atoms with Crippen LogP contribution in [0, 0.1) is 0 Å². The van der Waals surface area contributed by atoms with Crippen LogP contribution in [-0.4, -0.2) is 28.1 Å². The molecule has 2 aromatic rings. The van der Waals surface area contributed by atoms with Gasteiger partial charge in [-0.2, -0.15) is 0 Å². The zero-order valence-electron chi connectivity index (χ0n) is 13.9. The lowest BCUT2D eigenvalue weighted by atomic mass is 10.2. The van der Waals surface area contributed by atoms with Crippen molar-refractivity contribution in [1.82, 2.24) is 10.6 Å². The molecule has 1 atom stereocenters. The van der Waals surface area contributed by atoms with Crippen LogP contribution >= 0.6 is 63.0 Å². The molecule has 0 heterocycles. The maximum absolute atomic E-state index is 12.4. The summed E-state index contributed by atoms with van der Waals surface area (Å²) >= 11 is 26.5. The number of halogens is 4. The normalized spacial score (nSPS) is 12.0. The average molecular weight is 512 g/mol. The summed E-state index contributed by atoms with van der Waals surface area (Å²) in [5.41, 5.74) is 1.11. The van der Waals surface area contributed by atoms with Gasteiger partial charge >= 0.3 is 0 Å². The molecule has 5 nitrogen and oxygen atoms in total. The van der Waals surface area contributed by atoms with E-state index in [1.165, 1.54) is 7.11 Å². The maximum Gasteiger partial charge on any atom is 0.252 e. The molecule has 0 saturated carbocycles. The Morgan fingerprint density at radius 3 is 2.19 bits per heavy atom. The van der Waals surface area contributed by atoms with E-state index in [-0.39, 0.29) is 5.11 Å². The summed E-state index contributed by atoms with van der Waals surface area (Å²) < 4.78 is 4.15. The summed E-state index contributed by atoms with van der Waals surface area (Å²) in [4.78, 5) is 12.4. The zero-order chi connectivity index (χ0) is 20.0. The van der Waals surface area contributed by atoms with Gasteiger partial charge in [-0.05, 0) is 60.7 Å². The van der Waals surface area contributed by atoms with Crippen molar-refractivity contribution in [3.05, 3.63) is 58.6 Å². The molecule has 1 unspecified atom stereocenters. The van der Waals surface area contributed by atoms with Gasteiger partial charge in [0.05, 0.1) is 7.11 Å². The van der Waals surface area contributed by atoms with Crippen molar-refractivity contribution in [2.75, 3.05) is 12.4 Å². The highest BCUT2D eigenvalue weighted by Gasteiger charge is 2.34. The standard InChI is InChI=1S/C17H15BrCl3N3O2S/c1-26-13-8-2-10(3-9-13)14(25)23-15(17(19,20)21)24-16(27)22-12-6-4-11(18)5-7-12/h2-9,15H,1H3,(H,23,25)(H2,22,24,27). The highest BCUT2D eigenvalue weighted by molar-refractivity contribution is 9.10. The molecule has 3 N–H and O–H groups in total. The molecule has 0 radical (unpaired) electrons. The van der Waals surface area contributed by atoms with E-state index in [0.717, 1.165) is 10.2 Å². The Labute approximate surface area is 185 Å². The van der Waals surface area contributed by atoms with Crippen molar-refractivity contribution in [1.29, 1.82) is 0 Å². The number of hydrogen-bond donors (Lipinski definition) is 3. The van der Waals surface area contributed by atoms with E-state index in [0.29, 0.717) is 11.3 Å². The fourth-order valence-corrected chi connectivity index (χ4v) is 2.82. The predicted molar refractivity (Wildman–Crippen MR) is 118 cm³/mol. The second-order valence-electron chi connectivity index (χ2n) is 5.28. The molecule has 2 rings (SSSR count). The summed E-state index contributed by atoms with van der Waals surface area (Å²) in [6.07, 6.45) is -1.06. The van der Waals surface area contributed by atoms with Crippen molar-refractivity contribution >= 4 is 79.7 Å². The molecule has 0 fully saturated rings. The Balaban J connectivity index is 2.04. The lowest BCUT2D eigenvalue weighted by Crippen LogP contribution is -2.56. The minimum atomic E-state index is -1.84. The number of alkyl halides is 3. The van der Waals surface area contributed by atoms with E-state index in [9.17, 15) is 4.79 Å². The van der Waals surface area contributed by atoms with Gasteiger partial charge in [-0.1, -0.05) is 50.7 Å². The van der Waals surface area contributed by atoms with Gasteiger partial charge in [0.25, 0.3) is 5.91 Å². The summed E-state index contributed by atoms with van der Waals surface area (Å²) in [7, 11) is 1.54. The molecule has 0 aliphatic rings. The first kappa shape index (κ1) is 22.0. The second kappa shape index (κ2) is 9.80. The first-order valence-corrected chi connectivity index (χ1v) is 9.87. The molecule has 0 spiro atoms. The Morgan fingerprint density at radius 1 is 1.07 bits per heavy atom. The SMILES string of the molecule is COc1ccc(C(=O)NC(NC(=S)Nc2ccc(Br)cc2)C(Cl)(Cl)Cl)cc1. The predicted octanol–water partition coefficient (Wildman–Crippen LogP) is 4.87. The number of carbonyl (C=O) groups excluding carboxylic acids is 1. The number of benzene rings is 2. The first-order valence-electron chi connectivity index (χ1n) is 7.54. The van der Waals surface area contributed by atoms with Gasteiger partial charge in [0, 0.05) is 15.7 Å². The van der Waals surface area contributed by atoms with Crippen LogP contribution in [0.25, 0.3) is 0 Å². The van der Waals surface area contributed by atoms with Crippen LogP contribution in [0.3, 0.4) is 0 Å². The molecular weight excluding hydrogens is 497 g/mol. The number of ether oxygens (including phenoxy) is 1. The summed E-state index contributed by atoms with van der Waals surface area (Å²) in [6.45, 7) is 0. The van der Waals surface area contributed by atoms with Crippen molar-refractivity contribution < 1.29 is 9.53 Å². The van der Waals surface area contributed by atoms with E-state index < -0.39 is 15.9 Å². The van der Waals surface area contributed by atoms with Gasteiger partial charge in [0.1, 0.15) is 11.9 Å². The van der Waals surface area contributed by atoms with Crippen LogP contribution in [0.2, 0.25) is 0 Å². The van der Waals surface area contributed by atoms with Gasteiger partial charge in [-0.25, -0.2) is 0 Å². The van der Waals surface area contributed by atoms with E-state index in [1.807, 2.05) is 24.3 Å². The number of carbonyl (C=O) groups is 1. The third kappa shape index (κ3) is 7.01. The Morgan fingerprint density at radius 2 is 1.67 bits per heavy atom. The fraction of sp³-hybridized carbons (Fsp3) is 0.176. The minimum absolute atomic E-state index is 0.184. The van der Waals surface area contributed by atoms with Crippen LogP contribution in [0.15, 0.2) is 53.0 Å². The Kier molecular flexibility index (Phi) is 8.00. The van der Waals surface area contributed by atoms with E-state index >= 15 is 0 Å². The Bertz CT molecular complexity index is 799. The molecule has 0 saturated heterocycles. The summed E-state index contributed by atoms with van der Waals surface area (Å²) in [5, 5.41) is 8.55. The minimum Gasteiger partial charge on any atom is -0.497 e. The number of thiocarbonyl (C=S) groups is 1. The average Bonchev–Trinajstić information content (AvgIpc) is 2.62. The number of rotatable bonds is 5. The van der Waals surface area contributed by atoms with Gasteiger partial charge in [0.2, 0.25) is 3.79 Å². The van der Waals surface area contributed by atoms with Crippen LogP contribution in [-0.2, 0) is 0 Å². The molecular formula is C17H15BrCl3N3O2S. The van der Waals surface area contributed by atoms with Crippen LogP contribution in [0.1, 0.15) is 10.4 Å². The van der Waals surface area contributed by atoms with Gasteiger partial charge in [-0.15, -0.1) is 0 Å². The van der Waals surface area contributed by atoms with Crippen molar-refractivity contribution in [2.45, 2.75) is 9.96 Å². The number of nitrogens with one attached hydrogen (secondary N) is 3. The number of amides is 1. The first-order chi connectivity index (χ1) is 12.7. The van der Waals surface area contributed by atoms with Crippen LogP contribution in [0.5, 0.6) is 5.75 Å². The second-order valence-corrected chi connectivity index (χ2v) is 8.97. The lowest BCUT2D eigenvalue weighted by Gasteiger charge is -2.27. The molecule has 0 aliphatic heterocycles. The highest BCUT2D eigenvalue weighted by Crippen LogP contribution is 2.29. The summed E-state index contributed by atoms with van der Waals surface area (Å²) in [5.74, 6) is 0.190. The molecule has 0 aliphatic carbocycles. The lowest BCUT2D eigenvalue weighted by molar-refractivity contribution is 0.0934. The number of hydrogen-bond acceptors (Lipinski definition) is 3. The summed E-state index contributed by atoms with van der Waals surface area (Å²) in [6, 6.07) is 13.9. The highest BCUT2D eigenvalue weighted by atomic mass is 79.9. The van der Waals surface area contributed by atoms with Crippen molar-refractivity contribution in [3.8, 4) is 5.75 Å². The largest absolute Gasteiger partial charge is 0.497 e. The van der Waals surface area contributed by atoms with Crippen LogP contribution < -0.4 is 20.7 Å². The third-order valence-electron chi connectivity index (χ3n) is 3.33. The third-order valence-corrected chi connectivity index (χ3v) is 4.74. The molecule has 10 heteroatoms. The maximum atomic E-state index is 12.4. The molecule has 0 bridgehead atoms. The zero-order valence-corrected chi connectivity index (χ0v) is 18.6. The number of methoxy groups -OCH3 is 1. The quantitative estimate of drug-likeness (QED) is 0.304.